The Morgan fingerprint density at radius 1 is 1.21 bits per heavy atom. The van der Waals surface area contributed by atoms with E-state index in [1.165, 1.54) is 18.4 Å². The Hall–Kier alpha value is -1.93. The van der Waals surface area contributed by atoms with E-state index in [0.29, 0.717) is 16.5 Å². The molecule has 2 rings (SSSR count). The highest BCUT2D eigenvalue weighted by atomic mass is 32.1. The van der Waals surface area contributed by atoms with Crippen molar-refractivity contribution in [3.05, 3.63) is 16.0 Å². The van der Waals surface area contributed by atoms with Gasteiger partial charge in [0.1, 0.15) is 5.00 Å². The Balaban J connectivity index is 2.05. The number of methoxy groups -OCH3 is 1. The fraction of sp³-hybridized carbons (Fsp3) is 0.650. The zero-order valence-electron chi connectivity index (χ0n) is 17.7. The number of likely N-dealkylation sites (N-methyl/N-ethyl adjacent to an activating group) is 1. The van der Waals surface area contributed by atoms with Crippen LogP contribution in [0.15, 0.2) is 0 Å². The van der Waals surface area contributed by atoms with Crippen LogP contribution in [0, 0.1) is 5.92 Å². The van der Waals surface area contributed by atoms with E-state index in [0.717, 1.165) is 34.6 Å². The van der Waals surface area contributed by atoms with Gasteiger partial charge >= 0.3 is 5.97 Å². The molecule has 8 heteroatoms. The summed E-state index contributed by atoms with van der Waals surface area (Å²) in [5, 5.41) is 6.33. The maximum Gasteiger partial charge on any atom is 0.341 e. The molecule has 1 aromatic heterocycles. The van der Waals surface area contributed by atoms with Gasteiger partial charge in [-0.15, -0.1) is 11.3 Å². The number of anilines is 1. The topological polar surface area (TPSA) is 88.9 Å². The molecule has 0 saturated heterocycles. The predicted molar refractivity (Wildman–Crippen MR) is 110 cm³/mol. The van der Waals surface area contributed by atoms with Gasteiger partial charge in [-0.25, -0.2) is 4.79 Å². The standard InChI is InChI=1S/C20H31N3O4S/c1-12-7-8-13-14(9-12)28-18(17(13)19(26)27-6)21-15(24)10-23(5)11-16(25)22-20(2,3)4/h12H,7-11H2,1-6H3,(H,21,24)(H,22,25)/p+1/t12-/m1/s1. The largest absolute Gasteiger partial charge is 0.465 e. The van der Waals surface area contributed by atoms with E-state index < -0.39 is 5.97 Å². The van der Waals surface area contributed by atoms with Gasteiger partial charge in [-0.2, -0.15) is 0 Å². The van der Waals surface area contributed by atoms with Crippen molar-refractivity contribution in [2.24, 2.45) is 5.92 Å². The van der Waals surface area contributed by atoms with E-state index in [1.807, 2.05) is 20.8 Å². The Bertz CT molecular complexity index is 751. The van der Waals surface area contributed by atoms with E-state index >= 15 is 0 Å². The van der Waals surface area contributed by atoms with Crippen LogP contribution in [-0.4, -0.2) is 50.6 Å². The van der Waals surface area contributed by atoms with Crippen LogP contribution in [0.1, 0.15) is 54.9 Å². The molecular formula is C20H32N3O4S+. The average molecular weight is 411 g/mol. The molecule has 156 valence electrons. The summed E-state index contributed by atoms with van der Waals surface area (Å²) in [4.78, 5) is 38.8. The highest BCUT2D eigenvalue weighted by molar-refractivity contribution is 7.17. The van der Waals surface area contributed by atoms with Crippen LogP contribution in [-0.2, 0) is 27.2 Å². The molecule has 1 heterocycles. The van der Waals surface area contributed by atoms with Crippen LogP contribution < -0.4 is 15.5 Å². The van der Waals surface area contributed by atoms with Gasteiger partial charge in [-0.1, -0.05) is 6.92 Å². The molecule has 0 aromatic carbocycles. The second-order valence-electron chi connectivity index (χ2n) is 8.70. The Labute approximate surface area is 170 Å². The number of esters is 1. The van der Waals surface area contributed by atoms with E-state index in [4.69, 9.17) is 4.74 Å². The summed E-state index contributed by atoms with van der Waals surface area (Å²) in [6.07, 6.45) is 2.76. The van der Waals surface area contributed by atoms with Crippen LogP contribution in [0.4, 0.5) is 5.00 Å². The van der Waals surface area contributed by atoms with Crippen molar-refractivity contribution in [3.63, 3.8) is 0 Å². The van der Waals surface area contributed by atoms with Crippen molar-refractivity contribution >= 4 is 34.1 Å². The number of rotatable bonds is 6. The van der Waals surface area contributed by atoms with E-state index in [9.17, 15) is 14.4 Å². The summed E-state index contributed by atoms with van der Waals surface area (Å²) in [7, 11) is 3.15. The predicted octanol–water partition coefficient (Wildman–Crippen LogP) is 1.03. The zero-order valence-corrected chi connectivity index (χ0v) is 18.5. The van der Waals surface area contributed by atoms with Gasteiger partial charge in [-0.05, 0) is 51.5 Å². The molecule has 0 saturated carbocycles. The smallest absolute Gasteiger partial charge is 0.341 e. The lowest BCUT2D eigenvalue weighted by Gasteiger charge is -2.21. The fourth-order valence-electron chi connectivity index (χ4n) is 3.40. The number of thiophene rings is 1. The molecule has 0 bridgehead atoms. The molecule has 28 heavy (non-hydrogen) atoms. The van der Waals surface area contributed by atoms with Crippen molar-refractivity contribution in [1.29, 1.82) is 0 Å². The molecule has 2 amide bonds. The third-order valence-corrected chi connectivity index (χ3v) is 5.76. The van der Waals surface area contributed by atoms with Gasteiger partial charge in [0.15, 0.2) is 13.1 Å². The molecule has 2 atom stereocenters. The molecule has 0 spiro atoms. The van der Waals surface area contributed by atoms with Gasteiger partial charge in [0.05, 0.1) is 19.7 Å². The van der Waals surface area contributed by atoms with Crippen LogP contribution in [0.3, 0.4) is 0 Å². The highest BCUT2D eigenvalue weighted by Gasteiger charge is 2.29. The number of nitrogens with one attached hydrogen (secondary N) is 3. The summed E-state index contributed by atoms with van der Waals surface area (Å²) in [6.45, 7) is 8.28. The molecule has 0 aliphatic heterocycles. The Morgan fingerprint density at radius 2 is 1.86 bits per heavy atom. The third kappa shape index (κ3) is 6.04. The summed E-state index contributed by atoms with van der Waals surface area (Å²) >= 11 is 1.47. The Kier molecular flexibility index (Phi) is 7.22. The quantitative estimate of drug-likeness (QED) is 0.611. The lowest BCUT2D eigenvalue weighted by molar-refractivity contribution is -0.862. The van der Waals surface area contributed by atoms with E-state index in [1.54, 1.807) is 7.05 Å². The first-order valence-electron chi connectivity index (χ1n) is 9.65. The highest BCUT2D eigenvalue weighted by Crippen LogP contribution is 2.39. The first-order chi connectivity index (χ1) is 13.0. The number of quaternary nitrogens is 1. The SMILES string of the molecule is COC(=O)c1c(NC(=O)C[NH+](C)CC(=O)NC(C)(C)C)sc2c1CC[C@@H](C)C2. The minimum Gasteiger partial charge on any atom is -0.465 e. The molecule has 0 radical (unpaired) electrons. The second-order valence-corrected chi connectivity index (χ2v) is 9.81. The number of carbonyl (C=O) groups is 3. The van der Waals surface area contributed by atoms with Gasteiger partial charge in [0.25, 0.3) is 11.8 Å². The van der Waals surface area contributed by atoms with Gasteiger partial charge in [0.2, 0.25) is 0 Å². The lowest BCUT2D eigenvalue weighted by Crippen LogP contribution is -3.11. The van der Waals surface area contributed by atoms with Crippen molar-refractivity contribution in [2.75, 3.05) is 32.6 Å². The minimum absolute atomic E-state index is 0.103. The van der Waals surface area contributed by atoms with Gasteiger partial charge in [-0.3, -0.25) is 9.59 Å². The average Bonchev–Trinajstić information content (AvgIpc) is 2.88. The number of fused-ring (bicyclic) bond motifs is 1. The molecule has 0 fully saturated rings. The maximum absolute atomic E-state index is 12.5. The molecule has 1 aliphatic rings. The van der Waals surface area contributed by atoms with Crippen LogP contribution in [0.5, 0.6) is 0 Å². The van der Waals surface area contributed by atoms with Crippen molar-refractivity contribution < 1.29 is 24.0 Å². The van der Waals surface area contributed by atoms with Crippen molar-refractivity contribution in [2.45, 2.75) is 52.5 Å². The van der Waals surface area contributed by atoms with Crippen LogP contribution in [0.25, 0.3) is 0 Å². The molecule has 1 aromatic rings. The first-order valence-corrected chi connectivity index (χ1v) is 10.5. The third-order valence-electron chi connectivity index (χ3n) is 4.59. The molecule has 7 nitrogen and oxygen atoms in total. The molecular weight excluding hydrogens is 378 g/mol. The maximum atomic E-state index is 12.5. The molecule has 1 aliphatic carbocycles. The van der Waals surface area contributed by atoms with Crippen molar-refractivity contribution in [1.82, 2.24) is 5.32 Å². The summed E-state index contributed by atoms with van der Waals surface area (Å²) in [6, 6.07) is 0. The molecule has 1 unspecified atom stereocenters. The van der Waals surface area contributed by atoms with Gasteiger partial charge in [0, 0.05) is 10.4 Å². The number of carbonyl (C=O) groups excluding carboxylic acids is 3. The zero-order chi connectivity index (χ0) is 21.1. The summed E-state index contributed by atoms with van der Waals surface area (Å²) in [5.74, 6) is -0.170. The normalized spacial score (nSPS) is 17.4. The monoisotopic (exact) mass is 410 g/mol. The summed E-state index contributed by atoms with van der Waals surface area (Å²) < 4.78 is 4.95. The molecule has 3 N–H and O–H groups in total. The first kappa shape index (κ1) is 22.4. The fourth-order valence-corrected chi connectivity index (χ4v) is 4.82. The number of amides is 2. The van der Waals surface area contributed by atoms with Crippen LogP contribution in [0.2, 0.25) is 0 Å². The van der Waals surface area contributed by atoms with Crippen LogP contribution >= 0.6 is 11.3 Å². The number of hydrogen-bond acceptors (Lipinski definition) is 5. The minimum atomic E-state index is -0.410. The lowest BCUT2D eigenvalue weighted by atomic mass is 9.88. The number of hydrogen-bond donors (Lipinski definition) is 3. The van der Waals surface area contributed by atoms with Crippen molar-refractivity contribution in [3.8, 4) is 0 Å². The van der Waals surface area contributed by atoms with Gasteiger partial charge < -0.3 is 20.3 Å². The Morgan fingerprint density at radius 3 is 2.46 bits per heavy atom. The number of ether oxygens (including phenoxy) is 1. The second kappa shape index (κ2) is 9.05. The summed E-state index contributed by atoms with van der Waals surface area (Å²) in [5.41, 5.74) is 1.20. The van der Waals surface area contributed by atoms with E-state index in [2.05, 4.69) is 17.6 Å². The van der Waals surface area contributed by atoms with E-state index in [-0.39, 0.29) is 30.4 Å².